The van der Waals surface area contributed by atoms with Gasteiger partial charge in [-0.2, -0.15) is 5.10 Å². The molecule has 0 spiro atoms. The minimum absolute atomic E-state index is 0.184. The highest BCUT2D eigenvalue weighted by Gasteiger charge is 2.22. The highest BCUT2D eigenvalue weighted by atomic mass is 35.5. The first kappa shape index (κ1) is 19.9. The fourth-order valence-electron chi connectivity index (χ4n) is 3.58. The topological polar surface area (TPSA) is 77.2 Å². The van der Waals surface area contributed by atoms with Gasteiger partial charge in [0.25, 0.3) is 5.91 Å². The monoisotopic (exact) mass is 416 g/mol. The molecule has 3 heterocycles. The number of hydrogen-bond acceptors (Lipinski definition) is 5. The van der Waals surface area contributed by atoms with E-state index in [1.165, 1.54) is 0 Å². The molecule has 9 heteroatoms. The van der Waals surface area contributed by atoms with Crippen LogP contribution in [0.25, 0.3) is 11.0 Å². The van der Waals surface area contributed by atoms with Gasteiger partial charge in [-0.1, -0.05) is 23.7 Å². The van der Waals surface area contributed by atoms with Crippen molar-refractivity contribution >= 4 is 34.5 Å². The maximum atomic E-state index is 12.9. The van der Waals surface area contributed by atoms with E-state index in [0.29, 0.717) is 11.0 Å². The predicted molar refractivity (Wildman–Crippen MR) is 112 cm³/mol. The molecule has 1 aromatic carbocycles. The number of imidazole rings is 1. The van der Waals surface area contributed by atoms with Gasteiger partial charge in [0.2, 0.25) is 5.95 Å². The molecule has 1 aliphatic heterocycles. The average Bonchev–Trinajstić information content (AvgIpc) is 3.26. The molecule has 1 amide bonds. The Morgan fingerprint density at radius 1 is 1.28 bits per heavy atom. The number of nitrogens with one attached hydrogen (secondary N) is 1. The number of carbonyl (C=O) groups is 1. The van der Waals surface area contributed by atoms with Crippen LogP contribution in [0.1, 0.15) is 18.7 Å². The summed E-state index contributed by atoms with van der Waals surface area (Å²) in [6, 6.07) is 7.41. The summed E-state index contributed by atoms with van der Waals surface area (Å²) >= 11 is 6.09. The molecule has 0 radical (unpaired) electrons. The number of hydrogen-bond donors (Lipinski definition) is 1. The molecule has 29 heavy (non-hydrogen) atoms. The third-order valence-electron chi connectivity index (χ3n) is 5.36. The van der Waals surface area contributed by atoms with Crippen LogP contribution in [0.3, 0.4) is 0 Å². The third kappa shape index (κ3) is 4.14. The fraction of sp³-hybridized carbons (Fsp3) is 0.450. The summed E-state index contributed by atoms with van der Waals surface area (Å²) in [4.78, 5) is 19.9. The standard InChI is InChI=1S/C20H25ClN6O2/c1-14-16(21)13-22-27(14)15(2)19(28)24-20-23-17-5-3-4-6-18(17)26(20)8-7-25-9-11-29-12-10-25/h3-6,13,15H,7-12H2,1-2H3,(H,23,24,28). The number of anilines is 1. The lowest BCUT2D eigenvalue weighted by Crippen LogP contribution is -2.38. The number of morpholine rings is 1. The zero-order valence-electron chi connectivity index (χ0n) is 16.6. The van der Waals surface area contributed by atoms with E-state index in [1.807, 2.05) is 31.2 Å². The Bertz CT molecular complexity index is 1010. The lowest BCUT2D eigenvalue weighted by atomic mass is 10.3. The first-order valence-electron chi connectivity index (χ1n) is 9.80. The van der Waals surface area contributed by atoms with Crippen LogP contribution < -0.4 is 5.32 Å². The number of amides is 1. The molecular weight excluding hydrogens is 392 g/mol. The first-order chi connectivity index (χ1) is 14.0. The van der Waals surface area contributed by atoms with Gasteiger partial charge in [-0.05, 0) is 26.0 Å². The van der Waals surface area contributed by atoms with Crippen molar-refractivity contribution in [3.05, 3.63) is 41.2 Å². The molecule has 3 aromatic rings. The number of fused-ring (bicyclic) bond motifs is 1. The largest absolute Gasteiger partial charge is 0.379 e. The summed E-state index contributed by atoms with van der Waals surface area (Å²) in [5.74, 6) is 0.364. The molecule has 1 unspecified atom stereocenters. The number of halogens is 1. The average molecular weight is 417 g/mol. The third-order valence-corrected chi connectivity index (χ3v) is 5.74. The van der Waals surface area contributed by atoms with Crippen LogP contribution in [0.4, 0.5) is 5.95 Å². The molecule has 1 aliphatic rings. The molecule has 4 rings (SSSR count). The van der Waals surface area contributed by atoms with E-state index in [-0.39, 0.29) is 5.91 Å². The molecule has 1 atom stereocenters. The van der Waals surface area contributed by atoms with E-state index in [4.69, 9.17) is 16.3 Å². The minimum atomic E-state index is -0.505. The Balaban J connectivity index is 1.55. The van der Waals surface area contributed by atoms with Crippen LogP contribution in [0.5, 0.6) is 0 Å². The molecule has 2 aromatic heterocycles. The van der Waals surface area contributed by atoms with Crippen molar-refractivity contribution in [1.29, 1.82) is 0 Å². The molecular formula is C20H25ClN6O2. The van der Waals surface area contributed by atoms with Crippen molar-refractivity contribution in [2.75, 3.05) is 38.2 Å². The highest BCUT2D eigenvalue weighted by molar-refractivity contribution is 6.31. The zero-order valence-corrected chi connectivity index (χ0v) is 17.4. The van der Waals surface area contributed by atoms with Gasteiger partial charge in [0.15, 0.2) is 0 Å². The summed E-state index contributed by atoms with van der Waals surface area (Å²) < 4.78 is 9.12. The molecule has 8 nitrogen and oxygen atoms in total. The maximum Gasteiger partial charge on any atom is 0.251 e. The number of aromatic nitrogens is 4. The van der Waals surface area contributed by atoms with Gasteiger partial charge in [-0.25, -0.2) is 4.98 Å². The number of nitrogens with zero attached hydrogens (tertiary/aromatic N) is 5. The van der Waals surface area contributed by atoms with Gasteiger partial charge in [-0.3, -0.25) is 19.7 Å². The van der Waals surface area contributed by atoms with E-state index >= 15 is 0 Å². The number of ether oxygens (including phenoxy) is 1. The number of benzene rings is 1. The lowest BCUT2D eigenvalue weighted by Gasteiger charge is -2.27. The molecule has 0 saturated carbocycles. The summed E-state index contributed by atoms with van der Waals surface area (Å²) in [7, 11) is 0. The second kappa shape index (κ2) is 8.52. The van der Waals surface area contributed by atoms with Gasteiger partial charge >= 0.3 is 0 Å². The van der Waals surface area contributed by atoms with E-state index in [1.54, 1.807) is 17.8 Å². The molecule has 0 aliphatic carbocycles. The number of carbonyl (C=O) groups excluding carboxylic acids is 1. The van der Waals surface area contributed by atoms with Crippen molar-refractivity contribution in [1.82, 2.24) is 24.2 Å². The quantitative estimate of drug-likeness (QED) is 0.668. The van der Waals surface area contributed by atoms with Crippen molar-refractivity contribution in [2.45, 2.75) is 26.4 Å². The normalized spacial score (nSPS) is 16.2. The highest BCUT2D eigenvalue weighted by Crippen LogP contribution is 2.22. The van der Waals surface area contributed by atoms with Crippen molar-refractivity contribution in [2.24, 2.45) is 0 Å². The number of rotatable bonds is 6. The Morgan fingerprint density at radius 3 is 2.76 bits per heavy atom. The van der Waals surface area contributed by atoms with Crippen molar-refractivity contribution < 1.29 is 9.53 Å². The van der Waals surface area contributed by atoms with Crippen LogP contribution in [0.15, 0.2) is 30.5 Å². The Morgan fingerprint density at radius 2 is 2.03 bits per heavy atom. The summed E-state index contributed by atoms with van der Waals surface area (Å²) in [6.07, 6.45) is 1.55. The van der Waals surface area contributed by atoms with Gasteiger partial charge in [0.05, 0.1) is 41.2 Å². The van der Waals surface area contributed by atoms with Crippen molar-refractivity contribution in [3.63, 3.8) is 0 Å². The molecule has 1 N–H and O–H groups in total. The van der Waals surface area contributed by atoms with Crippen molar-refractivity contribution in [3.8, 4) is 0 Å². The SMILES string of the molecule is Cc1c(Cl)cnn1C(C)C(=O)Nc1nc2ccccc2n1CCN1CCOCC1. The first-order valence-corrected chi connectivity index (χ1v) is 10.2. The van der Waals surface area contributed by atoms with Gasteiger partial charge in [0.1, 0.15) is 6.04 Å². The van der Waals surface area contributed by atoms with Gasteiger partial charge in [0, 0.05) is 26.2 Å². The van der Waals surface area contributed by atoms with Crippen LogP contribution >= 0.6 is 11.6 Å². The Kier molecular flexibility index (Phi) is 5.84. The summed E-state index contributed by atoms with van der Waals surface area (Å²) in [5.41, 5.74) is 2.62. The van der Waals surface area contributed by atoms with Crippen LogP contribution in [0.2, 0.25) is 5.02 Å². The smallest absolute Gasteiger partial charge is 0.251 e. The van der Waals surface area contributed by atoms with Crippen LogP contribution in [-0.2, 0) is 16.1 Å². The molecule has 1 fully saturated rings. The van der Waals surface area contributed by atoms with E-state index < -0.39 is 6.04 Å². The Hall–Kier alpha value is -2.42. The van der Waals surface area contributed by atoms with Crippen LogP contribution in [-0.4, -0.2) is 63.0 Å². The zero-order chi connectivity index (χ0) is 20.4. The van der Waals surface area contributed by atoms with Gasteiger partial charge in [-0.15, -0.1) is 0 Å². The summed E-state index contributed by atoms with van der Waals surface area (Å²) in [5, 5.41) is 7.75. The van der Waals surface area contributed by atoms with Crippen LogP contribution in [0, 0.1) is 6.92 Å². The minimum Gasteiger partial charge on any atom is -0.379 e. The second-order valence-corrected chi connectivity index (χ2v) is 7.62. The molecule has 154 valence electrons. The second-order valence-electron chi connectivity index (χ2n) is 7.22. The predicted octanol–water partition coefficient (Wildman–Crippen LogP) is 2.73. The van der Waals surface area contributed by atoms with Gasteiger partial charge < -0.3 is 9.30 Å². The van der Waals surface area contributed by atoms with E-state index in [0.717, 1.165) is 56.1 Å². The Labute approximate surface area is 174 Å². The maximum absolute atomic E-state index is 12.9. The molecule has 0 bridgehead atoms. The number of para-hydroxylation sites is 2. The fourth-order valence-corrected chi connectivity index (χ4v) is 3.71. The molecule has 1 saturated heterocycles. The van der Waals surface area contributed by atoms with E-state index in [9.17, 15) is 4.79 Å². The lowest BCUT2D eigenvalue weighted by molar-refractivity contribution is -0.119. The van der Waals surface area contributed by atoms with E-state index in [2.05, 4.69) is 24.9 Å². The summed E-state index contributed by atoms with van der Waals surface area (Å²) in [6.45, 7) is 8.61.